The molecular weight excluding hydrogens is 300 g/mol. The van der Waals surface area contributed by atoms with Crippen molar-refractivity contribution in [2.45, 2.75) is 45.9 Å². The number of nitrogens with zero attached hydrogens (tertiary/aromatic N) is 2. The highest BCUT2D eigenvalue weighted by Crippen LogP contribution is 2.13. The number of hydrogen-bond acceptors (Lipinski definition) is 5. The number of ether oxygens (including phenoxy) is 2. The Morgan fingerprint density at radius 3 is 2.70 bits per heavy atom. The molecule has 0 aromatic carbocycles. The van der Waals surface area contributed by atoms with E-state index in [0.29, 0.717) is 13.2 Å². The van der Waals surface area contributed by atoms with Crippen LogP contribution in [0, 0.1) is 0 Å². The number of aromatic nitrogens is 2. The third kappa shape index (κ3) is 7.14. The molecule has 2 N–H and O–H groups in total. The van der Waals surface area contributed by atoms with Gasteiger partial charge in [-0.1, -0.05) is 0 Å². The van der Waals surface area contributed by atoms with Crippen molar-refractivity contribution in [2.24, 2.45) is 0 Å². The first-order valence-electron chi connectivity index (χ1n) is 7.48. The van der Waals surface area contributed by atoms with Gasteiger partial charge in [-0.15, -0.1) is 0 Å². The van der Waals surface area contributed by atoms with Gasteiger partial charge in [0.2, 0.25) is 5.91 Å². The SMILES string of the molecule is COCCNC(=O)Cn1cncc1[C@H](C)NC(=O)OC(C)(C)C. The van der Waals surface area contributed by atoms with E-state index in [-0.39, 0.29) is 18.5 Å². The van der Waals surface area contributed by atoms with Crippen LogP contribution in [0.1, 0.15) is 39.4 Å². The predicted octanol–water partition coefficient (Wildman–Crippen LogP) is 1.23. The van der Waals surface area contributed by atoms with Crippen molar-refractivity contribution in [3.05, 3.63) is 18.2 Å². The van der Waals surface area contributed by atoms with Gasteiger partial charge in [-0.2, -0.15) is 0 Å². The maximum atomic E-state index is 11.8. The van der Waals surface area contributed by atoms with Crippen LogP contribution in [-0.2, 0) is 20.8 Å². The Labute approximate surface area is 136 Å². The Morgan fingerprint density at radius 2 is 2.09 bits per heavy atom. The van der Waals surface area contributed by atoms with Crippen molar-refractivity contribution < 1.29 is 19.1 Å². The second-order valence-corrected chi connectivity index (χ2v) is 6.16. The van der Waals surface area contributed by atoms with E-state index >= 15 is 0 Å². The van der Waals surface area contributed by atoms with Gasteiger partial charge in [0.05, 0.1) is 30.9 Å². The standard InChI is InChI=1S/C15H26N4O4/c1-11(18-14(21)23-15(2,3)4)12-8-16-10-19(12)9-13(20)17-6-7-22-5/h8,10-11H,6-7,9H2,1-5H3,(H,17,20)(H,18,21)/t11-/m0/s1. The molecule has 0 aliphatic carbocycles. The fraction of sp³-hybridized carbons (Fsp3) is 0.667. The third-order valence-corrected chi connectivity index (χ3v) is 2.86. The van der Waals surface area contributed by atoms with Crippen molar-refractivity contribution in [1.29, 1.82) is 0 Å². The molecule has 1 aromatic rings. The van der Waals surface area contributed by atoms with Crippen LogP contribution >= 0.6 is 0 Å². The fourth-order valence-corrected chi connectivity index (χ4v) is 1.89. The highest BCUT2D eigenvalue weighted by Gasteiger charge is 2.20. The van der Waals surface area contributed by atoms with Crippen LogP contribution in [0.3, 0.4) is 0 Å². The Kier molecular flexibility index (Phi) is 7.02. The van der Waals surface area contributed by atoms with Crippen molar-refractivity contribution >= 4 is 12.0 Å². The van der Waals surface area contributed by atoms with Crippen molar-refractivity contribution in [1.82, 2.24) is 20.2 Å². The predicted molar refractivity (Wildman–Crippen MR) is 84.9 cm³/mol. The molecule has 0 radical (unpaired) electrons. The summed E-state index contributed by atoms with van der Waals surface area (Å²) in [6.45, 7) is 8.23. The molecule has 1 rings (SSSR count). The maximum Gasteiger partial charge on any atom is 0.408 e. The van der Waals surface area contributed by atoms with Crippen LogP contribution in [0.2, 0.25) is 0 Å². The largest absolute Gasteiger partial charge is 0.444 e. The van der Waals surface area contributed by atoms with Gasteiger partial charge < -0.3 is 24.7 Å². The molecule has 0 unspecified atom stereocenters. The van der Waals surface area contributed by atoms with E-state index in [9.17, 15) is 9.59 Å². The molecule has 0 fully saturated rings. The van der Waals surface area contributed by atoms with Crippen LogP contribution in [0.15, 0.2) is 12.5 Å². The quantitative estimate of drug-likeness (QED) is 0.735. The molecule has 1 atom stereocenters. The average molecular weight is 326 g/mol. The topological polar surface area (TPSA) is 94.5 Å². The highest BCUT2D eigenvalue weighted by molar-refractivity contribution is 5.75. The van der Waals surface area contributed by atoms with Gasteiger partial charge in [0.25, 0.3) is 0 Å². The molecule has 130 valence electrons. The van der Waals surface area contributed by atoms with Crippen molar-refractivity contribution in [3.63, 3.8) is 0 Å². The number of carbonyl (C=O) groups is 2. The lowest BCUT2D eigenvalue weighted by Gasteiger charge is -2.22. The van der Waals surface area contributed by atoms with Gasteiger partial charge in [-0.05, 0) is 27.7 Å². The van der Waals surface area contributed by atoms with E-state index in [0.717, 1.165) is 5.69 Å². The Bertz CT molecular complexity index is 522. The second kappa shape index (κ2) is 8.52. The maximum absolute atomic E-state index is 11.8. The molecule has 0 aliphatic heterocycles. The molecule has 8 heteroatoms. The molecule has 1 heterocycles. The third-order valence-electron chi connectivity index (χ3n) is 2.86. The van der Waals surface area contributed by atoms with E-state index < -0.39 is 11.7 Å². The summed E-state index contributed by atoms with van der Waals surface area (Å²) in [6.07, 6.45) is 2.66. The number of hydrogen-bond donors (Lipinski definition) is 2. The van der Waals surface area contributed by atoms with Gasteiger partial charge in [-0.25, -0.2) is 9.78 Å². The number of alkyl carbamates (subject to hydrolysis) is 1. The monoisotopic (exact) mass is 326 g/mol. The Hall–Kier alpha value is -2.09. The van der Waals surface area contributed by atoms with Gasteiger partial charge in [-0.3, -0.25) is 4.79 Å². The molecule has 0 saturated carbocycles. The minimum atomic E-state index is -0.564. The molecule has 0 aliphatic rings. The number of carbonyl (C=O) groups excluding carboxylic acids is 2. The summed E-state index contributed by atoms with van der Waals surface area (Å²) < 4.78 is 11.8. The molecule has 1 aromatic heterocycles. The number of methoxy groups -OCH3 is 1. The fourth-order valence-electron chi connectivity index (χ4n) is 1.89. The van der Waals surface area contributed by atoms with Gasteiger partial charge in [0, 0.05) is 13.7 Å². The van der Waals surface area contributed by atoms with Crippen LogP contribution in [0.25, 0.3) is 0 Å². The second-order valence-electron chi connectivity index (χ2n) is 6.16. The van der Waals surface area contributed by atoms with E-state index in [1.807, 2.05) is 0 Å². The molecule has 23 heavy (non-hydrogen) atoms. The summed E-state index contributed by atoms with van der Waals surface area (Å²) in [7, 11) is 1.57. The van der Waals surface area contributed by atoms with Gasteiger partial charge in [0.15, 0.2) is 0 Å². The van der Waals surface area contributed by atoms with Crippen LogP contribution in [0.4, 0.5) is 4.79 Å². The number of nitrogens with one attached hydrogen (secondary N) is 2. The van der Waals surface area contributed by atoms with Crippen molar-refractivity contribution in [3.8, 4) is 0 Å². The van der Waals surface area contributed by atoms with Gasteiger partial charge >= 0.3 is 6.09 Å². The summed E-state index contributed by atoms with van der Waals surface area (Å²) >= 11 is 0. The first kappa shape index (κ1) is 19.0. The van der Waals surface area contributed by atoms with Crippen LogP contribution in [0.5, 0.6) is 0 Å². The zero-order chi connectivity index (χ0) is 17.5. The van der Waals surface area contributed by atoms with E-state index in [2.05, 4.69) is 15.6 Å². The highest BCUT2D eigenvalue weighted by atomic mass is 16.6. The summed E-state index contributed by atoms with van der Waals surface area (Å²) in [4.78, 5) is 27.7. The minimum Gasteiger partial charge on any atom is -0.444 e. The lowest BCUT2D eigenvalue weighted by Crippen LogP contribution is -2.35. The Morgan fingerprint density at radius 1 is 1.39 bits per heavy atom. The molecule has 0 bridgehead atoms. The van der Waals surface area contributed by atoms with Crippen molar-refractivity contribution in [2.75, 3.05) is 20.3 Å². The number of amides is 2. The molecule has 0 spiro atoms. The first-order valence-corrected chi connectivity index (χ1v) is 7.48. The summed E-state index contributed by atoms with van der Waals surface area (Å²) in [6, 6.07) is -0.334. The zero-order valence-corrected chi connectivity index (χ0v) is 14.4. The summed E-state index contributed by atoms with van der Waals surface area (Å²) in [5.74, 6) is -0.147. The summed E-state index contributed by atoms with van der Waals surface area (Å²) in [5, 5.41) is 5.47. The van der Waals surface area contributed by atoms with Gasteiger partial charge in [0.1, 0.15) is 12.1 Å². The lowest BCUT2D eigenvalue weighted by molar-refractivity contribution is -0.121. The van der Waals surface area contributed by atoms with Crippen LogP contribution in [-0.4, -0.2) is 47.4 Å². The van der Waals surface area contributed by atoms with E-state index in [1.54, 1.807) is 51.9 Å². The summed E-state index contributed by atoms with van der Waals surface area (Å²) in [5.41, 5.74) is 0.156. The normalized spacial score (nSPS) is 12.6. The number of imidazole rings is 1. The lowest BCUT2D eigenvalue weighted by atomic mass is 10.2. The van der Waals surface area contributed by atoms with E-state index in [4.69, 9.17) is 9.47 Å². The van der Waals surface area contributed by atoms with Crippen LogP contribution < -0.4 is 10.6 Å². The molecule has 0 saturated heterocycles. The molecule has 2 amide bonds. The smallest absolute Gasteiger partial charge is 0.408 e. The molecular formula is C15H26N4O4. The number of rotatable bonds is 7. The zero-order valence-electron chi connectivity index (χ0n) is 14.4. The minimum absolute atomic E-state index is 0.124. The molecule has 8 nitrogen and oxygen atoms in total. The Balaban J connectivity index is 2.59. The first-order chi connectivity index (χ1) is 10.7. The average Bonchev–Trinajstić information content (AvgIpc) is 2.84. The van der Waals surface area contributed by atoms with E-state index in [1.165, 1.54) is 0 Å².